The standard InChI is InChI=1S/C14H14ClNO2SSe/c1-10-3-8-13(16-19(2,17)18)14(9-10)20-12-6-4-11(15)5-7-12/h3-9,16H,1-2H3. The zero-order chi connectivity index (χ0) is 14.8. The molecule has 0 bridgehead atoms. The van der Waals surface area contributed by atoms with Crippen LogP contribution in [0.25, 0.3) is 0 Å². The van der Waals surface area contributed by atoms with E-state index in [1.165, 1.54) is 0 Å². The maximum atomic E-state index is 11.4. The maximum absolute atomic E-state index is 11.4. The van der Waals surface area contributed by atoms with Crippen molar-refractivity contribution in [3.05, 3.63) is 53.1 Å². The molecule has 0 aromatic heterocycles. The van der Waals surface area contributed by atoms with Gasteiger partial charge in [-0.3, -0.25) is 0 Å². The van der Waals surface area contributed by atoms with Crippen molar-refractivity contribution < 1.29 is 8.42 Å². The normalized spacial score (nSPS) is 11.3. The van der Waals surface area contributed by atoms with Gasteiger partial charge in [0.2, 0.25) is 0 Å². The molecule has 2 aromatic rings. The fraction of sp³-hybridized carbons (Fsp3) is 0.143. The second kappa shape index (κ2) is 6.19. The minimum atomic E-state index is -3.27. The second-order valence-corrected chi connectivity index (χ2v) is 8.95. The molecule has 6 heteroatoms. The van der Waals surface area contributed by atoms with Crippen LogP contribution in [0.15, 0.2) is 42.5 Å². The van der Waals surface area contributed by atoms with Gasteiger partial charge in [0.05, 0.1) is 0 Å². The number of benzene rings is 2. The number of anilines is 1. The Morgan fingerprint density at radius 3 is 2.35 bits per heavy atom. The molecule has 0 amide bonds. The molecule has 0 saturated carbocycles. The monoisotopic (exact) mass is 375 g/mol. The molecule has 1 N–H and O–H groups in total. The Morgan fingerprint density at radius 2 is 1.75 bits per heavy atom. The number of aryl methyl sites for hydroxylation is 1. The van der Waals surface area contributed by atoms with Crippen LogP contribution in [0.3, 0.4) is 0 Å². The van der Waals surface area contributed by atoms with Crippen LogP contribution >= 0.6 is 11.6 Å². The molecule has 0 saturated heterocycles. The van der Waals surface area contributed by atoms with Crippen molar-refractivity contribution >= 4 is 51.2 Å². The van der Waals surface area contributed by atoms with E-state index in [9.17, 15) is 8.42 Å². The van der Waals surface area contributed by atoms with Crippen molar-refractivity contribution in [2.75, 3.05) is 11.0 Å². The van der Waals surface area contributed by atoms with Crippen LogP contribution in [0.4, 0.5) is 5.69 Å². The second-order valence-electron chi connectivity index (χ2n) is 4.43. The summed E-state index contributed by atoms with van der Waals surface area (Å²) in [6.45, 7) is 1.99. The Bertz CT molecular complexity index is 714. The number of hydrogen-bond acceptors (Lipinski definition) is 2. The molecular weight excluding hydrogens is 361 g/mol. The number of nitrogens with one attached hydrogen (secondary N) is 1. The molecule has 0 spiro atoms. The van der Waals surface area contributed by atoms with Crippen LogP contribution in [0, 0.1) is 6.92 Å². The Hall–Kier alpha value is -1.00. The molecule has 2 aromatic carbocycles. The van der Waals surface area contributed by atoms with Gasteiger partial charge in [0.1, 0.15) is 0 Å². The van der Waals surface area contributed by atoms with Crippen LogP contribution in [0.1, 0.15) is 5.56 Å². The van der Waals surface area contributed by atoms with Gasteiger partial charge in [-0.1, -0.05) is 0 Å². The zero-order valence-electron chi connectivity index (χ0n) is 11.1. The van der Waals surface area contributed by atoms with E-state index in [-0.39, 0.29) is 15.0 Å². The fourth-order valence-electron chi connectivity index (χ4n) is 1.63. The summed E-state index contributed by atoms with van der Waals surface area (Å²) in [6, 6.07) is 13.3. The molecule has 0 aliphatic carbocycles. The van der Waals surface area contributed by atoms with Crippen LogP contribution < -0.4 is 13.6 Å². The van der Waals surface area contributed by atoms with Crippen LogP contribution in [0.5, 0.6) is 0 Å². The van der Waals surface area contributed by atoms with E-state index in [2.05, 4.69) is 4.72 Å². The molecule has 0 aliphatic heterocycles. The van der Waals surface area contributed by atoms with Crippen molar-refractivity contribution in [1.29, 1.82) is 0 Å². The first-order valence-electron chi connectivity index (χ1n) is 5.85. The first-order chi connectivity index (χ1) is 9.33. The Kier molecular flexibility index (Phi) is 4.76. The summed E-state index contributed by atoms with van der Waals surface area (Å²) >= 11 is 5.89. The molecular formula is C14H14ClNO2SSe. The Labute approximate surface area is 130 Å². The molecule has 0 heterocycles. The van der Waals surface area contributed by atoms with Gasteiger partial charge < -0.3 is 0 Å². The van der Waals surface area contributed by atoms with Gasteiger partial charge >= 0.3 is 131 Å². The topological polar surface area (TPSA) is 46.2 Å². The Balaban J connectivity index is 2.34. The molecule has 20 heavy (non-hydrogen) atoms. The molecule has 2 rings (SSSR count). The summed E-state index contributed by atoms with van der Waals surface area (Å²) < 4.78 is 27.5. The quantitative estimate of drug-likeness (QED) is 0.828. The van der Waals surface area contributed by atoms with E-state index in [0.29, 0.717) is 10.7 Å². The van der Waals surface area contributed by atoms with E-state index < -0.39 is 10.0 Å². The molecule has 0 radical (unpaired) electrons. The van der Waals surface area contributed by atoms with Gasteiger partial charge in [0, 0.05) is 0 Å². The number of halogens is 1. The van der Waals surface area contributed by atoms with Crippen LogP contribution in [-0.2, 0) is 10.0 Å². The number of hydrogen-bond donors (Lipinski definition) is 1. The van der Waals surface area contributed by atoms with E-state index >= 15 is 0 Å². The molecule has 0 unspecified atom stereocenters. The minimum absolute atomic E-state index is 0.0175. The average molecular weight is 375 g/mol. The molecule has 0 atom stereocenters. The van der Waals surface area contributed by atoms with Crippen LogP contribution in [0.2, 0.25) is 5.02 Å². The Morgan fingerprint density at radius 1 is 1.10 bits per heavy atom. The third-order valence-corrected chi connectivity index (χ3v) is 5.55. The van der Waals surface area contributed by atoms with E-state index in [4.69, 9.17) is 11.6 Å². The zero-order valence-corrected chi connectivity index (χ0v) is 14.3. The van der Waals surface area contributed by atoms with Crippen molar-refractivity contribution in [2.24, 2.45) is 0 Å². The van der Waals surface area contributed by atoms with Crippen molar-refractivity contribution in [3.63, 3.8) is 0 Å². The third-order valence-electron chi connectivity index (χ3n) is 2.47. The SMILES string of the molecule is Cc1ccc(NS(C)(=O)=O)c([Se]c2ccc(Cl)cc2)c1. The first kappa shape index (κ1) is 15.4. The predicted octanol–water partition coefficient (Wildman–Crippen LogP) is 1.67. The number of sulfonamides is 1. The first-order valence-corrected chi connectivity index (χ1v) is 9.83. The van der Waals surface area contributed by atoms with E-state index in [0.717, 1.165) is 20.7 Å². The average Bonchev–Trinajstić information content (AvgIpc) is 2.34. The van der Waals surface area contributed by atoms with Gasteiger partial charge in [-0.15, -0.1) is 0 Å². The summed E-state index contributed by atoms with van der Waals surface area (Å²) in [7, 11) is -3.27. The van der Waals surface area contributed by atoms with E-state index in [1.54, 1.807) is 0 Å². The van der Waals surface area contributed by atoms with Gasteiger partial charge in [0.15, 0.2) is 0 Å². The molecule has 106 valence electrons. The molecule has 3 nitrogen and oxygen atoms in total. The van der Waals surface area contributed by atoms with Crippen molar-refractivity contribution in [1.82, 2.24) is 0 Å². The van der Waals surface area contributed by atoms with E-state index in [1.807, 2.05) is 49.4 Å². The van der Waals surface area contributed by atoms with Crippen molar-refractivity contribution in [2.45, 2.75) is 6.92 Å². The predicted molar refractivity (Wildman–Crippen MR) is 86.1 cm³/mol. The molecule has 0 fully saturated rings. The summed E-state index contributed by atoms with van der Waals surface area (Å²) in [6.07, 6.45) is 1.16. The van der Waals surface area contributed by atoms with Gasteiger partial charge in [-0.25, -0.2) is 0 Å². The van der Waals surface area contributed by atoms with Gasteiger partial charge in [0.25, 0.3) is 0 Å². The number of rotatable bonds is 4. The third kappa shape index (κ3) is 4.53. The molecule has 0 aliphatic rings. The summed E-state index contributed by atoms with van der Waals surface area (Å²) in [5, 5.41) is 0.697. The van der Waals surface area contributed by atoms with Crippen LogP contribution in [-0.4, -0.2) is 29.6 Å². The van der Waals surface area contributed by atoms with Gasteiger partial charge in [-0.2, -0.15) is 0 Å². The fourth-order valence-corrected chi connectivity index (χ4v) is 4.57. The summed E-state index contributed by atoms with van der Waals surface area (Å²) in [4.78, 5) is 0. The van der Waals surface area contributed by atoms with Gasteiger partial charge in [-0.05, 0) is 0 Å². The summed E-state index contributed by atoms with van der Waals surface area (Å²) in [5.74, 6) is 0. The summed E-state index contributed by atoms with van der Waals surface area (Å²) in [5.41, 5.74) is 1.75. The van der Waals surface area contributed by atoms with Crippen molar-refractivity contribution in [3.8, 4) is 0 Å².